The molecule has 10 heteroatoms. The van der Waals surface area contributed by atoms with Gasteiger partial charge >= 0.3 is 21.4 Å². The van der Waals surface area contributed by atoms with Crippen molar-refractivity contribution in [2.75, 3.05) is 6.61 Å². The lowest BCUT2D eigenvalue weighted by Crippen LogP contribution is -2.46. The van der Waals surface area contributed by atoms with Crippen molar-refractivity contribution >= 4 is 37.7 Å². The van der Waals surface area contributed by atoms with Gasteiger partial charge in [0.25, 0.3) is 0 Å². The number of ether oxygens (including phenoxy) is 1. The quantitative estimate of drug-likeness (QED) is 0.208. The van der Waals surface area contributed by atoms with Crippen LogP contribution in [0.15, 0.2) is 12.1 Å². The summed E-state index contributed by atoms with van der Waals surface area (Å²) < 4.78 is 5.47. The van der Waals surface area contributed by atoms with Gasteiger partial charge in [-0.3, -0.25) is 0 Å². The Morgan fingerprint density at radius 1 is 0.818 bits per heavy atom. The van der Waals surface area contributed by atoms with Crippen molar-refractivity contribution in [2.24, 2.45) is 0 Å². The Kier molecular flexibility index (Phi) is 7.95. The van der Waals surface area contributed by atoms with Gasteiger partial charge in [-0.15, -0.1) is 0 Å². The Labute approximate surface area is 130 Å². The predicted octanol–water partition coefficient (Wildman–Crippen LogP) is -3.31. The molecule has 0 unspecified atom stereocenters. The van der Waals surface area contributed by atoms with Crippen LogP contribution >= 0.6 is 0 Å². The molecule has 0 aromatic heterocycles. The van der Waals surface area contributed by atoms with Crippen LogP contribution in [0.5, 0.6) is 5.75 Å². The van der Waals surface area contributed by atoms with Crippen molar-refractivity contribution < 1.29 is 34.9 Å². The standard InChI is InChI=1S/C12H21B3O7/c1-2-3-4-5-6-22-12-10(14(18)19)7-9(13(16)17)8-11(12)15(20)21/h7-8,16-21H,2-6H2,1H3. The van der Waals surface area contributed by atoms with Crippen LogP contribution < -0.4 is 21.1 Å². The van der Waals surface area contributed by atoms with Gasteiger partial charge in [-0.25, -0.2) is 0 Å². The van der Waals surface area contributed by atoms with E-state index in [0.29, 0.717) is 0 Å². The SMILES string of the molecule is CCCCCCOc1c(B(O)O)cc(B(O)O)cc1B(O)O. The first-order valence-electron chi connectivity index (χ1n) is 7.27. The van der Waals surface area contributed by atoms with E-state index in [1.165, 1.54) is 0 Å². The second kappa shape index (κ2) is 9.19. The minimum absolute atomic E-state index is 0.0640. The molecule has 0 aliphatic carbocycles. The van der Waals surface area contributed by atoms with Gasteiger partial charge in [-0.1, -0.05) is 38.3 Å². The number of hydrogen-bond acceptors (Lipinski definition) is 7. The van der Waals surface area contributed by atoms with Crippen molar-refractivity contribution in [1.82, 2.24) is 0 Å². The van der Waals surface area contributed by atoms with Crippen LogP contribution in [-0.2, 0) is 0 Å². The van der Waals surface area contributed by atoms with Crippen molar-refractivity contribution in [3.8, 4) is 5.75 Å². The highest BCUT2D eigenvalue weighted by atomic mass is 16.5. The highest BCUT2D eigenvalue weighted by molar-refractivity contribution is 6.68. The molecule has 22 heavy (non-hydrogen) atoms. The maximum atomic E-state index is 9.41. The lowest BCUT2D eigenvalue weighted by Gasteiger charge is -2.17. The normalized spacial score (nSPS) is 10.5. The molecule has 0 saturated heterocycles. The monoisotopic (exact) mass is 310 g/mol. The van der Waals surface area contributed by atoms with E-state index >= 15 is 0 Å². The lowest BCUT2D eigenvalue weighted by molar-refractivity contribution is 0.306. The molecule has 7 nitrogen and oxygen atoms in total. The largest absolute Gasteiger partial charge is 0.494 e. The van der Waals surface area contributed by atoms with Crippen LogP contribution in [0.3, 0.4) is 0 Å². The number of hydrogen-bond donors (Lipinski definition) is 6. The molecule has 1 aromatic carbocycles. The van der Waals surface area contributed by atoms with Gasteiger partial charge in [0.1, 0.15) is 5.75 Å². The zero-order valence-corrected chi connectivity index (χ0v) is 12.5. The number of unbranched alkanes of at least 4 members (excludes halogenated alkanes) is 3. The molecule has 0 atom stereocenters. The Balaban J connectivity index is 3.05. The predicted molar refractivity (Wildman–Crippen MR) is 85.6 cm³/mol. The maximum absolute atomic E-state index is 9.41. The van der Waals surface area contributed by atoms with Gasteiger partial charge in [0.2, 0.25) is 0 Å². The van der Waals surface area contributed by atoms with Crippen molar-refractivity contribution in [2.45, 2.75) is 32.6 Å². The highest BCUT2D eigenvalue weighted by Gasteiger charge is 2.29. The topological polar surface area (TPSA) is 131 Å². The molecule has 0 radical (unpaired) electrons. The summed E-state index contributed by atoms with van der Waals surface area (Å²) in [5.74, 6) is -0.0640. The van der Waals surface area contributed by atoms with E-state index in [-0.39, 0.29) is 28.7 Å². The average molecular weight is 310 g/mol. The molecule has 120 valence electrons. The van der Waals surface area contributed by atoms with Crippen LogP contribution in [0.2, 0.25) is 0 Å². The smallest absolute Gasteiger partial charge is 0.492 e. The van der Waals surface area contributed by atoms with E-state index in [1.807, 2.05) is 0 Å². The summed E-state index contributed by atoms with van der Waals surface area (Å²) in [5, 5.41) is 56.0. The van der Waals surface area contributed by atoms with Gasteiger partial charge < -0.3 is 34.9 Å². The fourth-order valence-electron chi connectivity index (χ4n) is 2.10. The fourth-order valence-corrected chi connectivity index (χ4v) is 2.10. The third-order valence-electron chi connectivity index (χ3n) is 3.27. The number of benzene rings is 1. The first-order chi connectivity index (χ1) is 10.4. The van der Waals surface area contributed by atoms with Crippen molar-refractivity contribution in [3.63, 3.8) is 0 Å². The molecule has 0 saturated carbocycles. The van der Waals surface area contributed by atoms with Crippen LogP contribution in [0, 0.1) is 0 Å². The zero-order valence-electron chi connectivity index (χ0n) is 12.5. The van der Waals surface area contributed by atoms with E-state index < -0.39 is 21.4 Å². The van der Waals surface area contributed by atoms with Crippen molar-refractivity contribution in [1.29, 1.82) is 0 Å². The lowest BCUT2D eigenvalue weighted by atomic mass is 9.66. The van der Waals surface area contributed by atoms with Crippen LogP contribution in [0.1, 0.15) is 32.6 Å². The molecule has 6 N–H and O–H groups in total. The van der Waals surface area contributed by atoms with E-state index in [0.717, 1.165) is 37.8 Å². The summed E-state index contributed by atoms with van der Waals surface area (Å²) >= 11 is 0. The van der Waals surface area contributed by atoms with Crippen LogP contribution in [-0.4, -0.2) is 58.1 Å². The van der Waals surface area contributed by atoms with Gasteiger partial charge in [0.05, 0.1) is 6.61 Å². The van der Waals surface area contributed by atoms with Gasteiger partial charge in [-0.2, -0.15) is 0 Å². The van der Waals surface area contributed by atoms with Crippen LogP contribution in [0.4, 0.5) is 0 Å². The summed E-state index contributed by atoms with van der Waals surface area (Å²) in [6.07, 6.45) is 3.78. The Hall–Kier alpha value is -1.03. The molecule has 0 aliphatic rings. The Morgan fingerprint density at radius 3 is 1.77 bits per heavy atom. The average Bonchev–Trinajstić information content (AvgIpc) is 2.45. The summed E-state index contributed by atoms with van der Waals surface area (Å²) in [6.45, 7) is 2.35. The summed E-state index contributed by atoms with van der Waals surface area (Å²) in [6, 6.07) is 2.28. The van der Waals surface area contributed by atoms with E-state index in [1.54, 1.807) is 0 Å². The molecular weight excluding hydrogens is 289 g/mol. The molecule has 0 spiro atoms. The first-order valence-corrected chi connectivity index (χ1v) is 7.27. The molecule has 0 aliphatic heterocycles. The van der Waals surface area contributed by atoms with E-state index in [4.69, 9.17) is 4.74 Å². The molecular formula is C12H21B3O7. The molecule has 0 heterocycles. The van der Waals surface area contributed by atoms with Gasteiger partial charge in [0, 0.05) is 10.9 Å². The van der Waals surface area contributed by atoms with Crippen LogP contribution in [0.25, 0.3) is 0 Å². The Morgan fingerprint density at radius 2 is 1.36 bits per heavy atom. The minimum atomic E-state index is -1.94. The van der Waals surface area contributed by atoms with E-state index in [2.05, 4.69) is 6.92 Å². The molecule has 0 fully saturated rings. The molecule has 0 amide bonds. The molecule has 1 aromatic rings. The second-order valence-corrected chi connectivity index (χ2v) is 5.06. The van der Waals surface area contributed by atoms with Crippen molar-refractivity contribution in [3.05, 3.63) is 12.1 Å². The molecule has 1 rings (SSSR count). The summed E-state index contributed by atoms with van der Waals surface area (Å²) in [7, 11) is -5.77. The van der Waals surface area contributed by atoms with Gasteiger partial charge in [-0.05, 0) is 11.9 Å². The molecule has 0 bridgehead atoms. The highest BCUT2D eigenvalue weighted by Crippen LogP contribution is 2.08. The second-order valence-electron chi connectivity index (χ2n) is 5.06. The Bertz CT molecular complexity index is 439. The number of rotatable bonds is 9. The van der Waals surface area contributed by atoms with Gasteiger partial charge in [0.15, 0.2) is 0 Å². The third-order valence-corrected chi connectivity index (χ3v) is 3.27. The van der Waals surface area contributed by atoms with E-state index in [9.17, 15) is 30.1 Å². The zero-order chi connectivity index (χ0) is 16.7. The summed E-state index contributed by atoms with van der Waals surface area (Å²) in [5.41, 5.74) is -0.391. The maximum Gasteiger partial charge on any atom is 0.492 e. The first kappa shape index (κ1) is 19.0. The fraction of sp³-hybridized carbons (Fsp3) is 0.500. The third kappa shape index (κ3) is 5.31. The summed E-state index contributed by atoms with van der Waals surface area (Å²) in [4.78, 5) is 0. The minimum Gasteiger partial charge on any atom is -0.494 e.